The quantitative estimate of drug-likeness (QED) is 0.755. The molecule has 1 aromatic carbocycles. The van der Waals surface area contributed by atoms with Gasteiger partial charge in [0.2, 0.25) is 0 Å². The van der Waals surface area contributed by atoms with Gasteiger partial charge < -0.3 is 9.64 Å². The number of nitrogens with zero attached hydrogens (tertiary/aromatic N) is 2. The van der Waals surface area contributed by atoms with Gasteiger partial charge in [0.1, 0.15) is 5.84 Å². The van der Waals surface area contributed by atoms with Crippen LogP contribution in [0.5, 0.6) is 0 Å². The standard InChI is InChI=1S/C17H22N2O2/c1-3-5-11-19-13-15(17(20)21-4-2)12-18-16(19)14-9-7-6-8-10-14/h6-10,12H,3-5,11,13H2,1-2H3. The normalized spacial score (nSPS) is 14.5. The lowest BCUT2D eigenvalue weighted by molar-refractivity contribution is -0.138. The lowest BCUT2D eigenvalue weighted by atomic mass is 10.1. The van der Waals surface area contributed by atoms with Crippen LogP contribution in [0, 0.1) is 0 Å². The van der Waals surface area contributed by atoms with Crippen molar-refractivity contribution in [1.29, 1.82) is 0 Å². The zero-order valence-electron chi connectivity index (χ0n) is 12.7. The summed E-state index contributed by atoms with van der Waals surface area (Å²) in [5, 5.41) is 0. The van der Waals surface area contributed by atoms with E-state index in [1.165, 1.54) is 0 Å². The highest BCUT2D eigenvalue weighted by Crippen LogP contribution is 2.16. The number of hydrogen-bond acceptors (Lipinski definition) is 4. The number of benzene rings is 1. The second-order valence-corrected chi connectivity index (χ2v) is 4.97. The molecular formula is C17H22N2O2. The van der Waals surface area contributed by atoms with E-state index >= 15 is 0 Å². The Morgan fingerprint density at radius 3 is 2.71 bits per heavy atom. The molecule has 0 saturated carbocycles. The summed E-state index contributed by atoms with van der Waals surface area (Å²) in [5.74, 6) is 0.659. The smallest absolute Gasteiger partial charge is 0.337 e. The van der Waals surface area contributed by atoms with Gasteiger partial charge in [-0.15, -0.1) is 0 Å². The maximum atomic E-state index is 11.9. The Bertz CT molecular complexity index is 535. The van der Waals surface area contributed by atoms with Gasteiger partial charge in [-0.1, -0.05) is 43.7 Å². The van der Waals surface area contributed by atoms with Crippen molar-refractivity contribution in [3.8, 4) is 0 Å². The molecule has 0 bridgehead atoms. The molecule has 2 rings (SSSR count). The van der Waals surface area contributed by atoms with Gasteiger partial charge in [-0.2, -0.15) is 0 Å². The fourth-order valence-corrected chi connectivity index (χ4v) is 2.26. The Hall–Kier alpha value is -2.10. The van der Waals surface area contributed by atoms with E-state index < -0.39 is 0 Å². The number of unbranched alkanes of at least 4 members (excludes halogenated alkanes) is 1. The van der Waals surface area contributed by atoms with Gasteiger partial charge in [0.05, 0.1) is 18.7 Å². The Kier molecular flexibility index (Phi) is 5.55. The van der Waals surface area contributed by atoms with E-state index in [0.29, 0.717) is 18.7 Å². The lowest BCUT2D eigenvalue weighted by Crippen LogP contribution is -2.38. The molecule has 4 nitrogen and oxygen atoms in total. The summed E-state index contributed by atoms with van der Waals surface area (Å²) in [6, 6.07) is 10.1. The predicted molar refractivity (Wildman–Crippen MR) is 84.2 cm³/mol. The molecule has 0 aliphatic carbocycles. The first kappa shape index (κ1) is 15.3. The Morgan fingerprint density at radius 1 is 1.29 bits per heavy atom. The number of amidine groups is 1. The topological polar surface area (TPSA) is 41.9 Å². The second kappa shape index (κ2) is 7.62. The molecule has 0 amide bonds. The van der Waals surface area contributed by atoms with Gasteiger partial charge in [0.15, 0.2) is 0 Å². The molecule has 1 heterocycles. The molecule has 1 aromatic rings. The first-order valence-corrected chi connectivity index (χ1v) is 7.50. The van der Waals surface area contributed by atoms with Crippen LogP contribution in [0.1, 0.15) is 32.3 Å². The highest BCUT2D eigenvalue weighted by Gasteiger charge is 2.22. The highest BCUT2D eigenvalue weighted by atomic mass is 16.5. The molecule has 0 N–H and O–H groups in total. The summed E-state index contributed by atoms with van der Waals surface area (Å²) in [4.78, 5) is 18.5. The van der Waals surface area contributed by atoms with Crippen molar-refractivity contribution in [3.05, 3.63) is 47.7 Å². The SMILES string of the molecule is CCCCN1CC(C(=O)OCC)=CN=C1c1ccccc1. The van der Waals surface area contributed by atoms with Crippen LogP contribution in [0.3, 0.4) is 0 Å². The number of esters is 1. The lowest BCUT2D eigenvalue weighted by Gasteiger charge is -2.29. The van der Waals surface area contributed by atoms with Crippen LogP contribution < -0.4 is 0 Å². The van der Waals surface area contributed by atoms with Crippen LogP contribution in [-0.4, -0.2) is 36.4 Å². The van der Waals surface area contributed by atoms with Crippen molar-refractivity contribution in [1.82, 2.24) is 4.90 Å². The summed E-state index contributed by atoms with van der Waals surface area (Å²) < 4.78 is 5.07. The van der Waals surface area contributed by atoms with Crippen LogP contribution in [0.25, 0.3) is 0 Å². The zero-order valence-corrected chi connectivity index (χ0v) is 12.7. The van der Waals surface area contributed by atoms with Gasteiger partial charge in [0.25, 0.3) is 0 Å². The largest absolute Gasteiger partial charge is 0.463 e. The maximum Gasteiger partial charge on any atom is 0.337 e. The van der Waals surface area contributed by atoms with E-state index in [1.807, 2.05) is 37.3 Å². The van der Waals surface area contributed by atoms with Crippen molar-refractivity contribution < 1.29 is 9.53 Å². The molecule has 0 atom stereocenters. The van der Waals surface area contributed by atoms with Crippen molar-refractivity contribution in [3.63, 3.8) is 0 Å². The minimum absolute atomic E-state index is 0.269. The number of hydrogen-bond donors (Lipinski definition) is 0. The molecule has 0 unspecified atom stereocenters. The molecular weight excluding hydrogens is 264 g/mol. The molecule has 112 valence electrons. The third kappa shape index (κ3) is 3.94. The molecule has 21 heavy (non-hydrogen) atoms. The van der Waals surface area contributed by atoms with Crippen molar-refractivity contribution in [2.75, 3.05) is 19.7 Å². The summed E-state index contributed by atoms with van der Waals surface area (Å²) in [6.45, 7) is 5.81. The molecule has 0 aromatic heterocycles. The van der Waals surface area contributed by atoms with E-state index in [2.05, 4.69) is 16.8 Å². The number of ether oxygens (including phenoxy) is 1. The Labute approximate surface area is 126 Å². The van der Waals surface area contributed by atoms with Gasteiger partial charge in [0, 0.05) is 18.3 Å². The average molecular weight is 286 g/mol. The van der Waals surface area contributed by atoms with Crippen LogP contribution >= 0.6 is 0 Å². The van der Waals surface area contributed by atoms with E-state index in [1.54, 1.807) is 6.20 Å². The zero-order chi connectivity index (χ0) is 15.1. The molecule has 1 aliphatic rings. The molecule has 1 aliphatic heterocycles. The summed E-state index contributed by atoms with van der Waals surface area (Å²) in [7, 11) is 0. The fourth-order valence-electron chi connectivity index (χ4n) is 2.26. The van der Waals surface area contributed by atoms with Gasteiger partial charge in [-0.05, 0) is 13.3 Å². The minimum Gasteiger partial charge on any atom is -0.463 e. The van der Waals surface area contributed by atoms with E-state index in [9.17, 15) is 4.79 Å². The number of aliphatic imine (C=N–C) groups is 1. The summed E-state index contributed by atoms with van der Waals surface area (Å²) >= 11 is 0. The minimum atomic E-state index is -0.269. The highest BCUT2D eigenvalue weighted by molar-refractivity contribution is 6.02. The van der Waals surface area contributed by atoms with Crippen LogP contribution in [0.2, 0.25) is 0 Å². The first-order valence-electron chi connectivity index (χ1n) is 7.50. The molecule has 0 fully saturated rings. The van der Waals surface area contributed by atoms with Crippen LogP contribution in [-0.2, 0) is 9.53 Å². The van der Waals surface area contributed by atoms with Gasteiger partial charge in [-0.25, -0.2) is 9.79 Å². The molecule has 0 saturated heterocycles. The number of carbonyl (C=O) groups excluding carboxylic acids is 1. The third-order valence-corrected chi connectivity index (χ3v) is 3.35. The second-order valence-electron chi connectivity index (χ2n) is 4.97. The average Bonchev–Trinajstić information content (AvgIpc) is 2.53. The fraction of sp³-hybridized carbons (Fsp3) is 0.412. The molecule has 0 spiro atoms. The van der Waals surface area contributed by atoms with Gasteiger partial charge in [-0.3, -0.25) is 0 Å². The Balaban J connectivity index is 2.24. The van der Waals surface area contributed by atoms with Crippen molar-refractivity contribution >= 4 is 11.8 Å². The van der Waals surface area contributed by atoms with Gasteiger partial charge >= 0.3 is 5.97 Å². The van der Waals surface area contributed by atoms with Crippen molar-refractivity contribution in [2.45, 2.75) is 26.7 Å². The molecule has 4 heteroatoms. The van der Waals surface area contributed by atoms with E-state index in [-0.39, 0.29) is 5.97 Å². The van der Waals surface area contributed by atoms with E-state index in [4.69, 9.17) is 4.74 Å². The van der Waals surface area contributed by atoms with E-state index in [0.717, 1.165) is 30.8 Å². The monoisotopic (exact) mass is 286 g/mol. The molecule has 0 radical (unpaired) electrons. The summed E-state index contributed by atoms with van der Waals surface area (Å²) in [6.07, 6.45) is 3.82. The summed E-state index contributed by atoms with van der Waals surface area (Å²) in [5.41, 5.74) is 1.69. The van der Waals surface area contributed by atoms with Crippen LogP contribution in [0.15, 0.2) is 47.1 Å². The number of rotatable bonds is 6. The van der Waals surface area contributed by atoms with Crippen LogP contribution in [0.4, 0.5) is 0 Å². The third-order valence-electron chi connectivity index (χ3n) is 3.35. The predicted octanol–water partition coefficient (Wildman–Crippen LogP) is 3.00. The maximum absolute atomic E-state index is 11.9. The first-order chi connectivity index (χ1) is 10.3. The number of carbonyl (C=O) groups is 1. The van der Waals surface area contributed by atoms with Crippen molar-refractivity contribution in [2.24, 2.45) is 4.99 Å². The Morgan fingerprint density at radius 2 is 2.05 bits per heavy atom.